The fraction of sp³-hybridized carbons (Fsp3) is 0.532. The van der Waals surface area contributed by atoms with E-state index in [0.29, 0.717) is 6.04 Å². The van der Waals surface area contributed by atoms with Crippen LogP contribution in [0, 0.1) is 0 Å². The number of allylic oxidation sites excluding steroid dienone is 7. The Hall–Kier alpha value is -3.70. The van der Waals surface area contributed by atoms with Crippen LogP contribution in [0.5, 0.6) is 0 Å². The van der Waals surface area contributed by atoms with Gasteiger partial charge >= 0.3 is 0 Å². The fourth-order valence-corrected chi connectivity index (χ4v) is 9.50. The molecule has 1 amide bonds. The van der Waals surface area contributed by atoms with Gasteiger partial charge in [0.25, 0.3) is 0 Å². The van der Waals surface area contributed by atoms with Crippen LogP contribution >= 0.6 is 0 Å². The van der Waals surface area contributed by atoms with Crippen LogP contribution in [0.15, 0.2) is 95.4 Å². The van der Waals surface area contributed by atoms with Gasteiger partial charge in [0.15, 0.2) is 5.71 Å². The fourth-order valence-electron chi connectivity index (χ4n) is 9.50. The number of benzene rings is 2. The molecule has 3 aliphatic heterocycles. The molecule has 4 aliphatic rings. The quantitative estimate of drug-likeness (QED) is 0.206. The summed E-state index contributed by atoms with van der Waals surface area (Å²) in [6, 6.07) is 18.4. The average molecular weight is 702 g/mol. The number of likely N-dealkylation sites (tertiary alicyclic amines) is 1. The molecule has 3 heterocycles. The van der Waals surface area contributed by atoms with Crippen LogP contribution in [0.1, 0.15) is 124 Å². The lowest BCUT2D eigenvalue weighted by atomic mass is 9.81. The molecular formula is C47H65N4O+. The van der Waals surface area contributed by atoms with E-state index in [4.69, 9.17) is 0 Å². The van der Waals surface area contributed by atoms with Gasteiger partial charge < -0.3 is 14.7 Å². The van der Waals surface area contributed by atoms with Gasteiger partial charge in [-0.15, -0.1) is 0 Å². The molecule has 1 aliphatic carbocycles. The molecule has 0 bridgehead atoms. The minimum atomic E-state index is -0.0993. The van der Waals surface area contributed by atoms with Gasteiger partial charge in [-0.1, -0.05) is 82.7 Å². The van der Waals surface area contributed by atoms with Crippen molar-refractivity contribution in [2.75, 3.05) is 37.6 Å². The van der Waals surface area contributed by atoms with Crippen molar-refractivity contribution in [1.29, 1.82) is 0 Å². The van der Waals surface area contributed by atoms with Gasteiger partial charge in [0.1, 0.15) is 6.54 Å². The monoisotopic (exact) mass is 702 g/mol. The van der Waals surface area contributed by atoms with Gasteiger partial charge in [-0.05, 0) is 101 Å². The van der Waals surface area contributed by atoms with Crippen molar-refractivity contribution in [3.05, 3.63) is 107 Å². The third kappa shape index (κ3) is 7.40. The van der Waals surface area contributed by atoms with E-state index < -0.39 is 0 Å². The molecule has 278 valence electrons. The highest BCUT2D eigenvalue weighted by molar-refractivity contribution is 6.03. The van der Waals surface area contributed by atoms with Crippen molar-refractivity contribution < 1.29 is 9.37 Å². The molecule has 1 fully saturated rings. The Morgan fingerprint density at radius 3 is 2.37 bits per heavy atom. The van der Waals surface area contributed by atoms with Gasteiger partial charge in [0, 0.05) is 79.2 Å². The molecule has 0 aromatic heterocycles. The SMILES string of the molecule is CCCN1C(=CC=C2CCCC(C=CC3=[N+](CCC)c4ccccc4C3(C)C)=C2N(CCCN2CCCCC2C)C(C)=O)C(C)(C)c2ccccc21. The predicted octanol–water partition coefficient (Wildman–Crippen LogP) is 10.6. The number of amides is 1. The molecule has 1 saturated heterocycles. The second kappa shape index (κ2) is 16.1. The van der Waals surface area contributed by atoms with E-state index in [1.165, 1.54) is 70.9 Å². The van der Waals surface area contributed by atoms with Gasteiger partial charge in [-0.2, -0.15) is 4.58 Å². The topological polar surface area (TPSA) is 29.8 Å². The third-order valence-electron chi connectivity index (χ3n) is 12.3. The van der Waals surface area contributed by atoms with E-state index in [-0.39, 0.29) is 16.7 Å². The minimum absolute atomic E-state index is 0.0993. The van der Waals surface area contributed by atoms with Crippen LogP contribution in [0.25, 0.3) is 0 Å². The van der Waals surface area contributed by atoms with Crippen molar-refractivity contribution in [3.63, 3.8) is 0 Å². The van der Waals surface area contributed by atoms with Crippen molar-refractivity contribution in [2.45, 2.75) is 130 Å². The first kappa shape index (κ1) is 38.0. The standard InChI is InChI=1S/C47H65N4O/c1-9-30-50-41-24-13-11-22-39(41)46(5,6)43(50)28-26-37-20-17-21-38(45(37)49(36(4)52)34-18-33-48-32-16-15-19-35(48)3)27-29-44-47(7,8)40-23-12-14-25-42(40)51(44)31-10-2/h11-14,22-29,35H,9-10,15-21,30-34H2,1-8H3/q+1. The molecule has 0 radical (unpaired) electrons. The maximum absolute atomic E-state index is 13.8. The Kier molecular flexibility index (Phi) is 11.8. The first-order valence-corrected chi connectivity index (χ1v) is 20.5. The van der Waals surface area contributed by atoms with Gasteiger partial charge in [0.05, 0.1) is 5.41 Å². The average Bonchev–Trinajstić information content (AvgIpc) is 3.47. The number of hydrogen-bond donors (Lipinski definition) is 0. The number of fused-ring (bicyclic) bond motifs is 2. The highest BCUT2D eigenvalue weighted by atomic mass is 16.2. The van der Waals surface area contributed by atoms with Gasteiger partial charge in [-0.25, -0.2) is 0 Å². The summed E-state index contributed by atoms with van der Waals surface area (Å²) in [6.07, 6.45) is 19.6. The molecule has 5 nitrogen and oxygen atoms in total. The summed E-state index contributed by atoms with van der Waals surface area (Å²) in [7, 11) is 0. The lowest BCUT2D eigenvalue weighted by Gasteiger charge is -2.35. The molecule has 2 aromatic carbocycles. The van der Waals surface area contributed by atoms with Crippen molar-refractivity contribution in [2.24, 2.45) is 0 Å². The van der Waals surface area contributed by atoms with E-state index in [2.05, 4.69) is 141 Å². The van der Waals surface area contributed by atoms with Crippen molar-refractivity contribution >= 4 is 23.0 Å². The third-order valence-corrected chi connectivity index (χ3v) is 12.3. The minimum Gasteiger partial charge on any atom is -0.344 e. The summed E-state index contributed by atoms with van der Waals surface area (Å²) in [5, 5.41) is 0. The summed E-state index contributed by atoms with van der Waals surface area (Å²) in [4.78, 5) is 21.1. The summed E-state index contributed by atoms with van der Waals surface area (Å²) >= 11 is 0. The van der Waals surface area contributed by atoms with Crippen LogP contribution in [0.3, 0.4) is 0 Å². The zero-order valence-electron chi connectivity index (χ0n) is 33.6. The maximum Gasteiger partial charge on any atom is 0.223 e. The molecule has 0 N–H and O–H groups in total. The number of piperidine rings is 1. The Balaban J connectivity index is 1.43. The van der Waals surface area contributed by atoms with E-state index >= 15 is 0 Å². The van der Waals surface area contributed by atoms with Crippen LogP contribution < -0.4 is 4.90 Å². The molecule has 52 heavy (non-hydrogen) atoms. The lowest BCUT2D eigenvalue weighted by Crippen LogP contribution is -2.40. The summed E-state index contributed by atoms with van der Waals surface area (Å²) in [5.41, 5.74) is 11.6. The zero-order chi connectivity index (χ0) is 37.0. The first-order valence-electron chi connectivity index (χ1n) is 20.5. The second-order valence-corrected chi connectivity index (χ2v) is 16.7. The van der Waals surface area contributed by atoms with Crippen LogP contribution in [-0.4, -0.2) is 64.8 Å². The number of rotatable bonds is 12. The highest BCUT2D eigenvalue weighted by Gasteiger charge is 2.44. The van der Waals surface area contributed by atoms with E-state index in [1.54, 1.807) is 6.92 Å². The molecule has 6 rings (SSSR count). The van der Waals surface area contributed by atoms with Crippen LogP contribution in [0.2, 0.25) is 0 Å². The largest absolute Gasteiger partial charge is 0.344 e. The number of carbonyl (C=O) groups excluding carboxylic acids is 1. The zero-order valence-corrected chi connectivity index (χ0v) is 33.6. The van der Waals surface area contributed by atoms with E-state index in [1.807, 2.05) is 0 Å². The molecule has 5 heteroatoms. The number of anilines is 1. The lowest BCUT2D eigenvalue weighted by molar-refractivity contribution is -0.437. The highest BCUT2D eigenvalue weighted by Crippen LogP contribution is 2.48. The maximum atomic E-state index is 13.8. The molecule has 0 saturated carbocycles. The molecular weight excluding hydrogens is 637 g/mol. The summed E-state index contributed by atoms with van der Waals surface area (Å²) < 4.78 is 2.53. The smallest absolute Gasteiger partial charge is 0.223 e. The van der Waals surface area contributed by atoms with Gasteiger partial charge in [0.2, 0.25) is 11.6 Å². The van der Waals surface area contributed by atoms with Crippen LogP contribution in [-0.2, 0) is 15.6 Å². The number of carbonyl (C=O) groups is 1. The van der Waals surface area contributed by atoms with Crippen LogP contribution in [0.4, 0.5) is 11.4 Å². The van der Waals surface area contributed by atoms with Crippen molar-refractivity contribution in [1.82, 2.24) is 9.80 Å². The Labute approximate surface area is 315 Å². The molecule has 1 atom stereocenters. The Morgan fingerprint density at radius 1 is 0.885 bits per heavy atom. The molecule has 1 unspecified atom stereocenters. The summed E-state index contributed by atoms with van der Waals surface area (Å²) in [5.74, 6) is 0.142. The number of nitrogens with zero attached hydrogens (tertiary/aromatic N) is 4. The first-order chi connectivity index (χ1) is 25.0. The molecule has 0 spiro atoms. The Morgan fingerprint density at radius 2 is 1.63 bits per heavy atom. The summed E-state index contributed by atoms with van der Waals surface area (Å²) in [6.45, 7) is 23.1. The predicted molar refractivity (Wildman–Crippen MR) is 220 cm³/mol. The van der Waals surface area contributed by atoms with Gasteiger partial charge in [-0.3, -0.25) is 4.79 Å². The van der Waals surface area contributed by atoms with E-state index in [0.717, 1.165) is 70.4 Å². The second-order valence-electron chi connectivity index (χ2n) is 16.7. The van der Waals surface area contributed by atoms with E-state index in [9.17, 15) is 4.79 Å². The molecule has 2 aromatic rings. The van der Waals surface area contributed by atoms with Crippen molar-refractivity contribution in [3.8, 4) is 0 Å². The normalized spacial score (nSPS) is 22.9. The number of para-hydroxylation sites is 2. The Bertz CT molecular complexity index is 1790. The number of hydrogen-bond acceptors (Lipinski definition) is 3.